The van der Waals surface area contributed by atoms with Crippen LogP contribution in [-0.2, 0) is 6.42 Å². The van der Waals surface area contributed by atoms with E-state index in [0.717, 1.165) is 16.9 Å². The first kappa shape index (κ1) is 18.1. The van der Waals surface area contributed by atoms with E-state index in [2.05, 4.69) is 21.7 Å². The molecule has 0 aromatic heterocycles. The lowest BCUT2D eigenvalue weighted by molar-refractivity contribution is 0.454. The van der Waals surface area contributed by atoms with Gasteiger partial charge >= 0.3 is 0 Å². The SMILES string of the molecule is CC1(Nc2ccc(C#N)cc2)N=C(N)C=C(Cc2c(Cl)cccc2Cl)N1. The molecule has 1 aliphatic rings. The van der Waals surface area contributed by atoms with Gasteiger partial charge in [-0.1, -0.05) is 29.3 Å². The Bertz CT molecular complexity index is 908. The number of allylic oxidation sites excluding steroid dienone is 1. The largest absolute Gasteiger partial charge is 0.384 e. The van der Waals surface area contributed by atoms with Crippen molar-refractivity contribution in [2.45, 2.75) is 19.1 Å². The zero-order valence-electron chi connectivity index (χ0n) is 14.1. The van der Waals surface area contributed by atoms with Gasteiger partial charge in [-0.2, -0.15) is 5.26 Å². The normalized spacial score (nSPS) is 19.0. The lowest BCUT2D eigenvalue weighted by Crippen LogP contribution is -2.51. The van der Waals surface area contributed by atoms with Gasteiger partial charge in [-0.3, -0.25) is 0 Å². The van der Waals surface area contributed by atoms with Gasteiger partial charge in [0.05, 0.1) is 11.6 Å². The molecule has 0 fully saturated rings. The fraction of sp³-hybridized carbons (Fsp3) is 0.158. The molecular weight excluding hydrogens is 369 g/mol. The van der Waals surface area contributed by atoms with E-state index < -0.39 is 5.79 Å². The van der Waals surface area contributed by atoms with E-state index in [0.29, 0.717) is 27.9 Å². The Labute approximate surface area is 162 Å². The van der Waals surface area contributed by atoms with E-state index in [-0.39, 0.29) is 0 Å². The molecule has 5 nitrogen and oxygen atoms in total. The van der Waals surface area contributed by atoms with Gasteiger partial charge in [0.15, 0.2) is 0 Å². The number of nitrogens with two attached hydrogens (primary N) is 1. The van der Waals surface area contributed by atoms with Crippen LogP contribution in [0.2, 0.25) is 10.0 Å². The molecule has 26 heavy (non-hydrogen) atoms. The van der Waals surface area contributed by atoms with E-state index >= 15 is 0 Å². The molecule has 7 heteroatoms. The van der Waals surface area contributed by atoms with E-state index in [1.54, 1.807) is 30.3 Å². The molecule has 0 radical (unpaired) electrons. The number of amidine groups is 1. The number of hydrogen-bond donors (Lipinski definition) is 3. The summed E-state index contributed by atoms with van der Waals surface area (Å²) in [5.41, 5.74) is 9.09. The first-order chi connectivity index (χ1) is 12.4. The van der Waals surface area contributed by atoms with Crippen LogP contribution >= 0.6 is 23.2 Å². The summed E-state index contributed by atoms with van der Waals surface area (Å²) in [6.45, 7) is 1.87. The smallest absolute Gasteiger partial charge is 0.204 e. The van der Waals surface area contributed by atoms with Crippen molar-refractivity contribution in [1.29, 1.82) is 5.26 Å². The standard InChI is InChI=1S/C19H17Cl2N5/c1-19(24-13-7-5-12(11-22)6-8-13)25-14(10-18(23)26-19)9-15-16(20)3-2-4-17(15)21/h2-8,10,24-25H,9H2,1H3,(H2,23,26). The number of anilines is 1. The Kier molecular flexibility index (Phi) is 5.08. The summed E-state index contributed by atoms with van der Waals surface area (Å²) in [7, 11) is 0. The maximum absolute atomic E-state index is 8.90. The Morgan fingerprint density at radius 3 is 2.46 bits per heavy atom. The quantitative estimate of drug-likeness (QED) is 0.740. The van der Waals surface area contributed by atoms with Crippen LogP contribution in [0, 0.1) is 11.3 Å². The zero-order valence-corrected chi connectivity index (χ0v) is 15.6. The molecular formula is C19H17Cl2N5. The van der Waals surface area contributed by atoms with Crippen LogP contribution in [0.5, 0.6) is 0 Å². The van der Waals surface area contributed by atoms with Gasteiger partial charge in [0.2, 0.25) is 5.79 Å². The second kappa shape index (κ2) is 7.28. The van der Waals surface area contributed by atoms with Gasteiger partial charge in [-0.25, -0.2) is 4.99 Å². The van der Waals surface area contributed by atoms with Crippen molar-refractivity contribution in [2.24, 2.45) is 10.7 Å². The second-order valence-electron chi connectivity index (χ2n) is 6.09. The summed E-state index contributed by atoms with van der Waals surface area (Å²) in [5, 5.41) is 16.7. The molecule has 0 amide bonds. The number of rotatable bonds is 4. The van der Waals surface area contributed by atoms with Crippen LogP contribution in [0.3, 0.4) is 0 Å². The Morgan fingerprint density at radius 1 is 1.19 bits per heavy atom. The minimum absolute atomic E-state index is 0.394. The molecule has 0 saturated carbocycles. The van der Waals surface area contributed by atoms with Gasteiger partial charge in [0.25, 0.3) is 0 Å². The number of hydrogen-bond acceptors (Lipinski definition) is 5. The van der Waals surface area contributed by atoms with Crippen LogP contribution in [-0.4, -0.2) is 11.6 Å². The predicted octanol–water partition coefficient (Wildman–Crippen LogP) is 4.04. The highest BCUT2D eigenvalue weighted by Crippen LogP contribution is 2.28. The van der Waals surface area contributed by atoms with Crippen molar-refractivity contribution >= 4 is 34.7 Å². The molecule has 1 heterocycles. The summed E-state index contributed by atoms with van der Waals surface area (Å²) in [6, 6.07) is 14.6. The third-order valence-corrected chi connectivity index (χ3v) is 4.62. The predicted molar refractivity (Wildman–Crippen MR) is 106 cm³/mol. The fourth-order valence-corrected chi connectivity index (χ4v) is 3.33. The maximum Gasteiger partial charge on any atom is 0.204 e. The van der Waals surface area contributed by atoms with Gasteiger partial charge in [-0.15, -0.1) is 0 Å². The fourth-order valence-electron chi connectivity index (χ4n) is 2.80. The monoisotopic (exact) mass is 385 g/mol. The van der Waals surface area contributed by atoms with Crippen molar-refractivity contribution in [2.75, 3.05) is 5.32 Å². The van der Waals surface area contributed by atoms with Crippen LogP contribution in [0.1, 0.15) is 18.1 Å². The van der Waals surface area contributed by atoms with Crippen molar-refractivity contribution < 1.29 is 0 Å². The van der Waals surface area contributed by atoms with E-state index in [9.17, 15) is 0 Å². The first-order valence-electron chi connectivity index (χ1n) is 7.94. The first-order valence-corrected chi connectivity index (χ1v) is 8.69. The highest BCUT2D eigenvalue weighted by atomic mass is 35.5. The van der Waals surface area contributed by atoms with E-state index in [1.807, 2.05) is 25.1 Å². The molecule has 4 N–H and O–H groups in total. The number of benzene rings is 2. The molecule has 0 spiro atoms. The minimum atomic E-state index is -0.837. The third kappa shape index (κ3) is 4.10. The van der Waals surface area contributed by atoms with Gasteiger partial charge in [-0.05, 0) is 55.0 Å². The molecule has 132 valence electrons. The molecule has 2 aromatic rings. The van der Waals surface area contributed by atoms with Gasteiger partial charge < -0.3 is 16.4 Å². The van der Waals surface area contributed by atoms with E-state index in [4.69, 9.17) is 34.2 Å². The number of nitrogens with zero attached hydrogens (tertiary/aromatic N) is 2. The molecule has 0 bridgehead atoms. The molecule has 1 atom stereocenters. The Balaban J connectivity index is 1.81. The van der Waals surface area contributed by atoms with Crippen LogP contribution in [0.4, 0.5) is 5.69 Å². The summed E-state index contributed by atoms with van der Waals surface area (Å²) < 4.78 is 0. The van der Waals surface area contributed by atoms with Crippen molar-refractivity contribution in [3.8, 4) is 6.07 Å². The number of aliphatic imine (C=N–C) groups is 1. The van der Waals surface area contributed by atoms with Gasteiger partial charge in [0, 0.05) is 27.9 Å². The summed E-state index contributed by atoms with van der Waals surface area (Å²) in [4.78, 5) is 4.45. The molecule has 0 aliphatic carbocycles. The minimum Gasteiger partial charge on any atom is -0.384 e. The van der Waals surface area contributed by atoms with Crippen molar-refractivity contribution in [3.63, 3.8) is 0 Å². The average Bonchev–Trinajstić information content (AvgIpc) is 2.58. The molecule has 2 aromatic carbocycles. The summed E-state index contributed by atoms with van der Waals surface area (Å²) >= 11 is 12.5. The molecule has 3 rings (SSSR count). The van der Waals surface area contributed by atoms with Gasteiger partial charge in [0.1, 0.15) is 5.84 Å². The lowest BCUT2D eigenvalue weighted by Gasteiger charge is -2.34. The van der Waals surface area contributed by atoms with Crippen molar-refractivity contribution in [3.05, 3.63) is 75.4 Å². The average molecular weight is 386 g/mol. The topological polar surface area (TPSA) is 86.2 Å². The van der Waals surface area contributed by atoms with Crippen LogP contribution < -0.4 is 16.4 Å². The van der Waals surface area contributed by atoms with Crippen LogP contribution in [0.15, 0.2) is 59.2 Å². The Hall–Kier alpha value is -2.68. The number of halogens is 2. The Morgan fingerprint density at radius 2 is 1.85 bits per heavy atom. The number of nitrogens with one attached hydrogen (secondary N) is 2. The van der Waals surface area contributed by atoms with Crippen molar-refractivity contribution in [1.82, 2.24) is 5.32 Å². The highest BCUT2D eigenvalue weighted by molar-refractivity contribution is 6.36. The van der Waals surface area contributed by atoms with E-state index in [1.165, 1.54) is 0 Å². The zero-order chi connectivity index (χ0) is 18.7. The lowest BCUT2D eigenvalue weighted by atomic mass is 10.1. The third-order valence-electron chi connectivity index (χ3n) is 3.91. The highest BCUT2D eigenvalue weighted by Gasteiger charge is 2.27. The summed E-state index contributed by atoms with van der Waals surface area (Å²) in [6.07, 6.45) is 2.27. The summed E-state index contributed by atoms with van der Waals surface area (Å²) in [5.74, 6) is -0.443. The van der Waals surface area contributed by atoms with Crippen LogP contribution in [0.25, 0.3) is 0 Å². The molecule has 1 unspecified atom stereocenters. The molecule has 0 saturated heterocycles. The maximum atomic E-state index is 8.90. The molecule has 1 aliphatic heterocycles. The number of nitriles is 1. The second-order valence-corrected chi connectivity index (χ2v) is 6.91.